The van der Waals surface area contributed by atoms with Crippen molar-refractivity contribution in [2.75, 3.05) is 34.9 Å². The first kappa shape index (κ1) is 16.1. The van der Waals surface area contributed by atoms with Crippen LogP contribution in [0.1, 0.15) is 22.7 Å². The van der Waals surface area contributed by atoms with Gasteiger partial charge < -0.3 is 19.3 Å². The van der Waals surface area contributed by atoms with Crippen molar-refractivity contribution in [2.45, 2.75) is 18.9 Å². The van der Waals surface area contributed by atoms with Gasteiger partial charge in [0.05, 0.1) is 21.3 Å². The highest BCUT2D eigenvalue weighted by Crippen LogP contribution is 2.53. The summed E-state index contributed by atoms with van der Waals surface area (Å²) < 4.78 is 16.7. The second kappa shape index (κ2) is 5.85. The van der Waals surface area contributed by atoms with E-state index >= 15 is 0 Å². The zero-order valence-electron chi connectivity index (χ0n) is 15.0. The number of hydrogen-bond acceptors (Lipinski definition) is 5. The van der Waals surface area contributed by atoms with Gasteiger partial charge in [0.2, 0.25) is 0 Å². The molecule has 5 nitrogen and oxygen atoms in total. The number of nitrogens with zero attached hydrogens (tertiary/aromatic N) is 1. The fraction of sp³-hybridized carbons (Fsp3) is 0.400. The number of methoxy groups -OCH3 is 3. The monoisotopic (exact) mass is 341 g/mol. The van der Waals surface area contributed by atoms with Crippen LogP contribution in [0.2, 0.25) is 0 Å². The molecule has 2 aromatic carbocycles. The molecule has 1 N–H and O–H groups in total. The van der Waals surface area contributed by atoms with Crippen LogP contribution in [-0.2, 0) is 12.8 Å². The van der Waals surface area contributed by atoms with Gasteiger partial charge in [0, 0.05) is 18.2 Å². The summed E-state index contributed by atoms with van der Waals surface area (Å²) in [5.74, 6) is 2.14. The van der Waals surface area contributed by atoms with Gasteiger partial charge in [-0.3, -0.25) is 4.90 Å². The van der Waals surface area contributed by atoms with Gasteiger partial charge in [0.15, 0.2) is 23.0 Å². The van der Waals surface area contributed by atoms with E-state index in [-0.39, 0.29) is 11.8 Å². The third-order valence-corrected chi connectivity index (χ3v) is 5.48. The number of ether oxygens (including phenoxy) is 3. The van der Waals surface area contributed by atoms with Crippen LogP contribution in [0, 0.1) is 0 Å². The van der Waals surface area contributed by atoms with Crippen LogP contribution in [0.3, 0.4) is 0 Å². The van der Waals surface area contributed by atoms with Crippen LogP contribution in [0.4, 0.5) is 0 Å². The SMILES string of the molecule is COc1cc2c(cc1O)C[C@@H]1c3c(cc(OC)c(OC)c3-2)CCN1C. The van der Waals surface area contributed by atoms with Gasteiger partial charge in [-0.05, 0) is 60.3 Å². The van der Waals surface area contributed by atoms with Gasteiger partial charge in [0.1, 0.15) is 0 Å². The van der Waals surface area contributed by atoms with Crippen LogP contribution < -0.4 is 14.2 Å². The third kappa shape index (κ3) is 2.26. The van der Waals surface area contributed by atoms with Crippen molar-refractivity contribution in [2.24, 2.45) is 0 Å². The molecule has 0 aromatic heterocycles. The summed E-state index contributed by atoms with van der Waals surface area (Å²) in [5, 5.41) is 10.2. The molecule has 1 atom stereocenters. The van der Waals surface area contributed by atoms with E-state index in [0.717, 1.165) is 47.6 Å². The third-order valence-electron chi connectivity index (χ3n) is 5.48. The molecule has 0 fully saturated rings. The standard InChI is InChI=1S/C20H23NO4/c1-21-6-5-11-9-17(24-3)20(25-4)19-13-10-16(23-2)15(22)8-12(13)7-14(21)18(11)19/h8-10,14,22H,5-7H2,1-4H3/t14-/m1/s1. The zero-order chi connectivity index (χ0) is 17.7. The molecule has 2 aromatic rings. The first-order chi connectivity index (χ1) is 12.1. The minimum atomic E-state index is 0.172. The Labute approximate surface area is 147 Å². The Balaban J connectivity index is 2.08. The number of hydrogen-bond donors (Lipinski definition) is 1. The molecule has 0 radical (unpaired) electrons. The molecule has 0 bridgehead atoms. The maximum absolute atomic E-state index is 10.2. The maximum Gasteiger partial charge on any atom is 0.168 e. The number of fused-ring (bicyclic) bond motifs is 2. The normalized spacial score (nSPS) is 18.3. The molecule has 0 amide bonds. The Morgan fingerprint density at radius 3 is 2.44 bits per heavy atom. The Morgan fingerprint density at radius 2 is 1.76 bits per heavy atom. The highest BCUT2D eigenvalue weighted by Gasteiger charge is 2.36. The predicted molar refractivity (Wildman–Crippen MR) is 96.0 cm³/mol. The smallest absolute Gasteiger partial charge is 0.168 e. The van der Waals surface area contributed by atoms with E-state index in [9.17, 15) is 5.11 Å². The van der Waals surface area contributed by atoms with Gasteiger partial charge in [-0.2, -0.15) is 0 Å². The molecule has 4 rings (SSSR count). The van der Waals surface area contributed by atoms with Gasteiger partial charge in [0.25, 0.3) is 0 Å². The van der Waals surface area contributed by atoms with Crippen molar-refractivity contribution in [3.8, 4) is 34.1 Å². The molecule has 0 saturated heterocycles. The molecule has 2 aliphatic rings. The Hall–Kier alpha value is -2.40. The molecule has 1 aliphatic heterocycles. The van der Waals surface area contributed by atoms with Crippen molar-refractivity contribution >= 4 is 0 Å². The molecule has 1 heterocycles. The lowest BCUT2D eigenvalue weighted by Crippen LogP contribution is -2.35. The molecule has 132 valence electrons. The summed E-state index contributed by atoms with van der Waals surface area (Å²) >= 11 is 0. The topological polar surface area (TPSA) is 51.2 Å². The van der Waals surface area contributed by atoms with Crippen molar-refractivity contribution in [1.29, 1.82) is 0 Å². The number of rotatable bonds is 3. The molecule has 5 heteroatoms. The number of likely N-dealkylation sites (N-methyl/N-ethyl adjacent to an activating group) is 1. The van der Waals surface area contributed by atoms with E-state index in [4.69, 9.17) is 14.2 Å². The largest absolute Gasteiger partial charge is 0.504 e. The molecule has 0 unspecified atom stereocenters. The fourth-order valence-corrected chi connectivity index (χ4v) is 4.23. The lowest BCUT2D eigenvalue weighted by molar-refractivity contribution is 0.226. The molecule has 0 saturated carbocycles. The fourth-order valence-electron chi connectivity index (χ4n) is 4.23. The minimum absolute atomic E-state index is 0.172. The number of phenols is 1. The average Bonchev–Trinajstić information content (AvgIpc) is 2.63. The van der Waals surface area contributed by atoms with Gasteiger partial charge in [-0.15, -0.1) is 0 Å². The van der Waals surface area contributed by atoms with Gasteiger partial charge in [-0.1, -0.05) is 0 Å². The molecule has 0 spiro atoms. The van der Waals surface area contributed by atoms with E-state index < -0.39 is 0 Å². The van der Waals surface area contributed by atoms with Crippen molar-refractivity contribution in [3.05, 3.63) is 34.9 Å². The van der Waals surface area contributed by atoms with Crippen molar-refractivity contribution < 1.29 is 19.3 Å². The summed E-state index contributed by atoms with van der Waals surface area (Å²) in [6.07, 6.45) is 1.85. The first-order valence-electron chi connectivity index (χ1n) is 8.47. The molecule has 1 aliphatic carbocycles. The lowest BCUT2D eigenvalue weighted by Gasteiger charge is -2.40. The van der Waals surface area contributed by atoms with Crippen LogP contribution in [0.5, 0.6) is 23.0 Å². The Kier molecular flexibility index (Phi) is 3.76. The van der Waals surface area contributed by atoms with Crippen LogP contribution >= 0.6 is 0 Å². The molecular weight excluding hydrogens is 318 g/mol. The summed E-state index contributed by atoms with van der Waals surface area (Å²) in [6.45, 7) is 1.00. The minimum Gasteiger partial charge on any atom is -0.504 e. The molecule has 25 heavy (non-hydrogen) atoms. The second-order valence-corrected chi connectivity index (χ2v) is 6.69. The molecular formula is C20H23NO4. The van der Waals surface area contributed by atoms with Crippen molar-refractivity contribution in [1.82, 2.24) is 4.90 Å². The van der Waals surface area contributed by atoms with E-state index in [2.05, 4.69) is 18.0 Å². The summed E-state index contributed by atoms with van der Waals surface area (Å²) in [6, 6.07) is 6.12. The predicted octanol–water partition coefficient (Wildman–Crippen LogP) is 3.17. The summed E-state index contributed by atoms with van der Waals surface area (Å²) in [7, 11) is 7.07. The van der Waals surface area contributed by atoms with E-state index in [1.807, 2.05) is 12.1 Å². The van der Waals surface area contributed by atoms with E-state index in [1.54, 1.807) is 21.3 Å². The Bertz CT molecular complexity index is 846. The first-order valence-corrected chi connectivity index (χ1v) is 8.47. The number of aromatic hydroxyl groups is 1. The van der Waals surface area contributed by atoms with Crippen LogP contribution in [0.25, 0.3) is 11.1 Å². The maximum atomic E-state index is 10.2. The summed E-state index contributed by atoms with van der Waals surface area (Å²) in [4.78, 5) is 2.38. The van der Waals surface area contributed by atoms with Crippen LogP contribution in [-0.4, -0.2) is 44.9 Å². The number of benzene rings is 2. The highest BCUT2D eigenvalue weighted by molar-refractivity contribution is 5.85. The van der Waals surface area contributed by atoms with Crippen molar-refractivity contribution in [3.63, 3.8) is 0 Å². The number of phenolic OH excluding ortho intramolecular Hbond substituents is 1. The quantitative estimate of drug-likeness (QED) is 0.929. The average molecular weight is 341 g/mol. The highest BCUT2D eigenvalue weighted by atomic mass is 16.5. The Morgan fingerprint density at radius 1 is 1.00 bits per heavy atom. The lowest BCUT2D eigenvalue weighted by atomic mass is 9.76. The zero-order valence-corrected chi connectivity index (χ0v) is 15.0. The van der Waals surface area contributed by atoms with E-state index in [1.165, 1.54) is 11.1 Å². The van der Waals surface area contributed by atoms with E-state index in [0.29, 0.717) is 5.75 Å². The summed E-state index contributed by atoms with van der Waals surface area (Å²) in [5.41, 5.74) is 5.84. The second-order valence-electron chi connectivity index (χ2n) is 6.69. The van der Waals surface area contributed by atoms with Gasteiger partial charge in [-0.25, -0.2) is 0 Å². The van der Waals surface area contributed by atoms with Gasteiger partial charge >= 0.3 is 0 Å². The van der Waals surface area contributed by atoms with Crippen LogP contribution in [0.15, 0.2) is 18.2 Å².